The standard InChI is InChI=1S/C24H33N3O6S/c1-7-25-24(29)18(3)26(15-19-10-8-9-17(2)13-19)23(28)16-27(34(6,30)31)21-12-11-20(32-4)14-22(21)33-5/h8-14,18H,7,15-16H2,1-6H3,(H,25,29)/t18-/m0/s1. The Morgan fingerprint density at radius 1 is 1.09 bits per heavy atom. The van der Waals surface area contributed by atoms with Crippen molar-refractivity contribution in [1.29, 1.82) is 0 Å². The Hall–Kier alpha value is -3.27. The van der Waals surface area contributed by atoms with Crippen molar-refractivity contribution in [2.45, 2.75) is 33.4 Å². The number of nitrogens with one attached hydrogen (secondary N) is 1. The molecule has 0 aliphatic heterocycles. The van der Waals surface area contributed by atoms with Crippen molar-refractivity contribution in [3.05, 3.63) is 53.6 Å². The maximum atomic E-state index is 13.5. The Labute approximate surface area is 201 Å². The summed E-state index contributed by atoms with van der Waals surface area (Å²) >= 11 is 0. The summed E-state index contributed by atoms with van der Waals surface area (Å²) in [5.74, 6) is -0.133. The van der Waals surface area contributed by atoms with Gasteiger partial charge in [-0.3, -0.25) is 13.9 Å². The molecule has 2 aromatic rings. The first-order valence-electron chi connectivity index (χ1n) is 10.8. The van der Waals surface area contributed by atoms with Gasteiger partial charge < -0.3 is 19.7 Å². The molecule has 0 radical (unpaired) electrons. The Morgan fingerprint density at radius 3 is 2.35 bits per heavy atom. The molecular weight excluding hydrogens is 458 g/mol. The lowest BCUT2D eigenvalue weighted by molar-refractivity contribution is -0.139. The molecule has 186 valence electrons. The first kappa shape index (κ1) is 27.0. The van der Waals surface area contributed by atoms with Crippen molar-refractivity contribution in [1.82, 2.24) is 10.2 Å². The van der Waals surface area contributed by atoms with Gasteiger partial charge in [0.05, 0.1) is 26.2 Å². The van der Waals surface area contributed by atoms with Crippen LogP contribution in [0, 0.1) is 6.92 Å². The van der Waals surface area contributed by atoms with E-state index in [2.05, 4.69) is 5.32 Å². The third-order valence-electron chi connectivity index (χ3n) is 5.29. The SMILES string of the molecule is CCNC(=O)[C@H](C)N(Cc1cccc(C)c1)C(=O)CN(c1ccc(OC)cc1OC)S(C)(=O)=O. The largest absolute Gasteiger partial charge is 0.497 e. The zero-order chi connectivity index (χ0) is 25.5. The lowest BCUT2D eigenvalue weighted by Gasteiger charge is -2.32. The number of hydrogen-bond acceptors (Lipinski definition) is 6. The summed E-state index contributed by atoms with van der Waals surface area (Å²) in [4.78, 5) is 27.5. The number of hydrogen-bond donors (Lipinski definition) is 1. The fourth-order valence-corrected chi connectivity index (χ4v) is 4.35. The number of benzene rings is 2. The highest BCUT2D eigenvalue weighted by Crippen LogP contribution is 2.33. The Balaban J connectivity index is 2.46. The third-order valence-corrected chi connectivity index (χ3v) is 6.41. The molecule has 0 bridgehead atoms. The van der Waals surface area contributed by atoms with E-state index < -0.39 is 28.5 Å². The predicted octanol–water partition coefficient (Wildman–Crippen LogP) is 2.33. The van der Waals surface area contributed by atoms with Crippen molar-refractivity contribution in [3.63, 3.8) is 0 Å². The van der Waals surface area contributed by atoms with Crippen LogP contribution < -0.4 is 19.1 Å². The van der Waals surface area contributed by atoms with Crippen LogP contribution in [0.5, 0.6) is 11.5 Å². The van der Waals surface area contributed by atoms with Crippen LogP contribution in [0.15, 0.2) is 42.5 Å². The van der Waals surface area contributed by atoms with E-state index >= 15 is 0 Å². The number of nitrogens with zero attached hydrogens (tertiary/aromatic N) is 2. The molecule has 2 aromatic carbocycles. The van der Waals surface area contributed by atoms with Crippen molar-refractivity contribution in [3.8, 4) is 11.5 Å². The summed E-state index contributed by atoms with van der Waals surface area (Å²) in [5.41, 5.74) is 2.04. The lowest BCUT2D eigenvalue weighted by atomic mass is 10.1. The average molecular weight is 492 g/mol. The molecule has 0 saturated heterocycles. The summed E-state index contributed by atoms with van der Waals surface area (Å²) in [6.07, 6.45) is 1.02. The van der Waals surface area contributed by atoms with E-state index in [0.29, 0.717) is 12.3 Å². The van der Waals surface area contributed by atoms with Crippen LogP contribution in [0.25, 0.3) is 0 Å². The summed E-state index contributed by atoms with van der Waals surface area (Å²) in [5, 5.41) is 2.73. The quantitative estimate of drug-likeness (QED) is 0.517. The number of methoxy groups -OCH3 is 2. The van der Waals surface area contributed by atoms with E-state index in [1.807, 2.05) is 31.2 Å². The number of anilines is 1. The number of ether oxygens (including phenoxy) is 2. The molecule has 2 rings (SSSR count). The van der Waals surface area contributed by atoms with E-state index in [0.717, 1.165) is 21.7 Å². The van der Waals surface area contributed by atoms with Crippen molar-refractivity contribution >= 4 is 27.5 Å². The number of likely N-dealkylation sites (N-methyl/N-ethyl adjacent to an activating group) is 1. The van der Waals surface area contributed by atoms with Gasteiger partial charge in [-0.15, -0.1) is 0 Å². The second kappa shape index (κ2) is 11.7. The number of amides is 2. The van der Waals surface area contributed by atoms with E-state index in [-0.39, 0.29) is 23.9 Å². The molecule has 0 aliphatic rings. The Morgan fingerprint density at radius 2 is 1.79 bits per heavy atom. The molecule has 0 aliphatic carbocycles. The van der Waals surface area contributed by atoms with Gasteiger partial charge >= 0.3 is 0 Å². The Kier molecular flexibility index (Phi) is 9.31. The number of sulfonamides is 1. The monoisotopic (exact) mass is 491 g/mol. The van der Waals surface area contributed by atoms with Gasteiger partial charge in [-0.05, 0) is 38.5 Å². The van der Waals surface area contributed by atoms with Gasteiger partial charge in [0, 0.05) is 19.2 Å². The topological polar surface area (TPSA) is 105 Å². The highest BCUT2D eigenvalue weighted by Gasteiger charge is 2.31. The number of carbonyl (C=O) groups excluding carboxylic acids is 2. The van der Waals surface area contributed by atoms with E-state index in [1.165, 1.54) is 25.2 Å². The first-order valence-corrected chi connectivity index (χ1v) is 12.7. The minimum Gasteiger partial charge on any atom is -0.497 e. The van der Waals surface area contributed by atoms with Gasteiger partial charge in [0.25, 0.3) is 0 Å². The Bertz CT molecular complexity index is 1120. The van der Waals surface area contributed by atoms with Gasteiger partial charge in [-0.1, -0.05) is 29.8 Å². The second-order valence-electron chi connectivity index (χ2n) is 7.89. The van der Waals surface area contributed by atoms with Crippen molar-refractivity contribution < 1.29 is 27.5 Å². The van der Waals surface area contributed by atoms with Gasteiger partial charge in [-0.25, -0.2) is 8.42 Å². The zero-order valence-electron chi connectivity index (χ0n) is 20.5. The van der Waals surface area contributed by atoms with Gasteiger partial charge in [0.1, 0.15) is 24.1 Å². The van der Waals surface area contributed by atoms with Crippen LogP contribution in [-0.4, -0.2) is 64.7 Å². The molecule has 34 heavy (non-hydrogen) atoms. The molecule has 0 aromatic heterocycles. The molecule has 2 amide bonds. The summed E-state index contributed by atoms with van der Waals surface area (Å²) < 4.78 is 36.9. The molecule has 1 N–H and O–H groups in total. The van der Waals surface area contributed by atoms with Crippen LogP contribution in [0.2, 0.25) is 0 Å². The molecule has 0 saturated carbocycles. The van der Waals surface area contributed by atoms with Crippen molar-refractivity contribution in [2.24, 2.45) is 0 Å². The molecule has 10 heteroatoms. The van der Waals surface area contributed by atoms with Crippen LogP contribution >= 0.6 is 0 Å². The molecular formula is C24H33N3O6S. The van der Waals surface area contributed by atoms with Gasteiger partial charge in [0.15, 0.2) is 0 Å². The van der Waals surface area contributed by atoms with E-state index in [9.17, 15) is 18.0 Å². The van der Waals surface area contributed by atoms with Crippen LogP contribution in [0.3, 0.4) is 0 Å². The maximum absolute atomic E-state index is 13.5. The van der Waals surface area contributed by atoms with Crippen molar-refractivity contribution in [2.75, 3.05) is 37.9 Å². The van der Waals surface area contributed by atoms with E-state index in [4.69, 9.17) is 9.47 Å². The summed E-state index contributed by atoms with van der Waals surface area (Å²) in [7, 11) is -0.981. The smallest absolute Gasteiger partial charge is 0.244 e. The molecule has 0 fully saturated rings. The fourth-order valence-electron chi connectivity index (χ4n) is 3.50. The van der Waals surface area contributed by atoms with Gasteiger partial charge in [0.2, 0.25) is 21.8 Å². The van der Waals surface area contributed by atoms with Crippen LogP contribution in [-0.2, 0) is 26.2 Å². The van der Waals surface area contributed by atoms with Crippen LogP contribution in [0.4, 0.5) is 5.69 Å². The van der Waals surface area contributed by atoms with E-state index in [1.54, 1.807) is 26.0 Å². The molecule has 0 spiro atoms. The predicted molar refractivity (Wildman–Crippen MR) is 132 cm³/mol. The number of aryl methyl sites for hydroxylation is 1. The fraction of sp³-hybridized carbons (Fsp3) is 0.417. The molecule has 9 nitrogen and oxygen atoms in total. The van der Waals surface area contributed by atoms with Crippen LogP contribution in [0.1, 0.15) is 25.0 Å². The third kappa shape index (κ3) is 6.86. The zero-order valence-corrected chi connectivity index (χ0v) is 21.3. The summed E-state index contributed by atoms with van der Waals surface area (Å²) in [6.45, 7) is 5.40. The molecule has 0 unspecified atom stereocenters. The number of rotatable bonds is 11. The second-order valence-corrected chi connectivity index (χ2v) is 9.80. The molecule has 0 heterocycles. The highest BCUT2D eigenvalue weighted by molar-refractivity contribution is 7.92. The normalized spacial score (nSPS) is 11.9. The average Bonchev–Trinajstić information content (AvgIpc) is 2.79. The molecule has 1 atom stereocenters. The van der Waals surface area contributed by atoms with Gasteiger partial charge in [-0.2, -0.15) is 0 Å². The summed E-state index contributed by atoms with van der Waals surface area (Å²) in [6, 6.07) is 11.4. The first-order chi connectivity index (χ1) is 16.0. The minimum atomic E-state index is -3.87. The minimum absolute atomic E-state index is 0.149. The lowest BCUT2D eigenvalue weighted by Crippen LogP contribution is -2.51. The highest BCUT2D eigenvalue weighted by atomic mass is 32.2. The maximum Gasteiger partial charge on any atom is 0.244 e. The number of carbonyl (C=O) groups is 2.